The molecule has 0 bridgehead atoms. The number of fused-ring (bicyclic) bond motifs is 1. The van der Waals surface area contributed by atoms with Gasteiger partial charge in [0.05, 0.1) is 21.0 Å². The maximum Gasteiger partial charge on any atom is 0.313 e. The van der Waals surface area contributed by atoms with Crippen molar-refractivity contribution in [1.29, 1.82) is 0 Å². The van der Waals surface area contributed by atoms with Gasteiger partial charge in [-0.1, -0.05) is 36.5 Å². The smallest absolute Gasteiger partial charge is 0.313 e. The van der Waals surface area contributed by atoms with Gasteiger partial charge in [-0.05, 0) is 50.1 Å². The molecule has 0 aliphatic heterocycles. The molecule has 0 radical (unpaired) electrons. The average Bonchev–Trinajstić information content (AvgIpc) is 2.95. The van der Waals surface area contributed by atoms with Gasteiger partial charge in [0, 0.05) is 22.7 Å². The Morgan fingerprint density at radius 1 is 1.17 bits per heavy atom. The molecule has 8 heteroatoms. The number of aliphatic carboxylic acids is 1. The quantitative estimate of drug-likeness (QED) is 0.503. The summed E-state index contributed by atoms with van der Waals surface area (Å²) < 4.78 is 15.5. The highest BCUT2D eigenvalue weighted by molar-refractivity contribution is 6.42. The Morgan fingerprint density at radius 2 is 1.83 bits per heavy atom. The molecule has 0 unspecified atom stereocenters. The molecule has 5 nitrogen and oxygen atoms in total. The number of carboxylic acids is 1. The van der Waals surface area contributed by atoms with E-state index in [1.807, 2.05) is 6.92 Å². The summed E-state index contributed by atoms with van der Waals surface area (Å²) in [6.45, 7) is 5.03. The zero-order valence-electron chi connectivity index (χ0n) is 16.6. The third-order valence-electron chi connectivity index (χ3n) is 5.42. The lowest BCUT2D eigenvalue weighted by molar-refractivity contribution is -0.143. The minimum atomic E-state index is -1.34. The summed E-state index contributed by atoms with van der Waals surface area (Å²) in [5, 5.41) is 20.7. The topological polar surface area (TPSA) is 79.5 Å². The molecule has 0 amide bonds. The number of carbonyl (C=O) groups is 2. The van der Waals surface area contributed by atoms with Crippen LogP contribution in [-0.4, -0.2) is 26.7 Å². The number of nitrogens with zero attached hydrogens (tertiary/aromatic N) is 1. The zero-order chi connectivity index (χ0) is 22.4. The molecule has 1 aromatic heterocycles. The maximum atomic E-state index is 14.2. The van der Waals surface area contributed by atoms with Crippen molar-refractivity contribution in [1.82, 2.24) is 4.57 Å². The fourth-order valence-corrected chi connectivity index (χ4v) is 4.28. The van der Waals surface area contributed by atoms with Crippen molar-refractivity contribution in [3.63, 3.8) is 0 Å². The van der Waals surface area contributed by atoms with Crippen LogP contribution in [-0.2, 0) is 10.2 Å². The van der Waals surface area contributed by atoms with Gasteiger partial charge in [-0.3, -0.25) is 14.2 Å². The molecular weight excluding hydrogens is 432 g/mol. The predicted molar refractivity (Wildman–Crippen MR) is 114 cm³/mol. The van der Waals surface area contributed by atoms with Gasteiger partial charge in [-0.25, -0.2) is 4.39 Å². The molecule has 0 saturated carbocycles. The lowest BCUT2D eigenvalue weighted by atomic mass is 9.77. The minimum Gasteiger partial charge on any atom is -0.505 e. The first kappa shape index (κ1) is 22.1. The van der Waals surface area contributed by atoms with E-state index in [0.717, 1.165) is 6.07 Å². The number of carboxylic acid groups (broad SMARTS) is 1. The van der Waals surface area contributed by atoms with Gasteiger partial charge in [0.15, 0.2) is 11.6 Å². The first-order valence-corrected chi connectivity index (χ1v) is 10.1. The van der Waals surface area contributed by atoms with Crippen molar-refractivity contribution < 1.29 is 24.2 Å². The van der Waals surface area contributed by atoms with Crippen LogP contribution < -0.4 is 0 Å². The van der Waals surface area contributed by atoms with E-state index >= 15 is 0 Å². The number of rotatable bonds is 5. The fourth-order valence-electron chi connectivity index (χ4n) is 3.98. The van der Waals surface area contributed by atoms with Gasteiger partial charge in [0.2, 0.25) is 0 Å². The van der Waals surface area contributed by atoms with Crippen LogP contribution in [0.4, 0.5) is 4.39 Å². The van der Waals surface area contributed by atoms with Crippen molar-refractivity contribution in [2.75, 3.05) is 0 Å². The van der Waals surface area contributed by atoms with Gasteiger partial charge in [0.25, 0.3) is 5.91 Å². The number of halogens is 3. The van der Waals surface area contributed by atoms with E-state index < -0.39 is 28.9 Å². The van der Waals surface area contributed by atoms with Crippen molar-refractivity contribution in [2.45, 2.75) is 39.0 Å². The summed E-state index contributed by atoms with van der Waals surface area (Å²) in [6.07, 6.45) is 0.865. The van der Waals surface area contributed by atoms with Gasteiger partial charge in [-0.15, -0.1) is 0 Å². The molecule has 1 heterocycles. The van der Waals surface area contributed by atoms with Crippen molar-refractivity contribution in [3.8, 4) is 5.75 Å². The third kappa shape index (κ3) is 3.44. The monoisotopic (exact) mass is 451 g/mol. The van der Waals surface area contributed by atoms with Crippen LogP contribution >= 0.6 is 23.2 Å². The number of benzene rings is 2. The molecule has 3 aromatic rings. The minimum absolute atomic E-state index is 0.164. The molecule has 2 aromatic carbocycles. The molecule has 0 spiro atoms. The van der Waals surface area contributed by atoms with Crippen LogP contribution in [0.15, 0.2) is 30.3 Å². The van der Waals surface area contributed by atoms with Crippen molar-refractivity contribution in [2.24, 2.45) is 0 Å². The molecule has 3 rings (SSSR count). The van der Waals surface area contributed by atoms with E-state index in [1.54, 1.807) is 13.8 Å². The van der Waals surface area contributed by atoms with Gasteiger partial charge in [-0.2, -0.15) is 0 Å². The van der Waals surface area contributed by atoms with Crippen molar-refractivity contribution in [3.05, 3.63) is 63.0 Å². The van der Waals surface area contributed by atoms with E-state index in [-0.39, 0.29) is 21.1 Å². The normalized spacial score (nSPS) is 13.4. The highest BCUT2D eigenvalue weighted by Gasteiger charge is 2.40. The number of phenols is 1. The maximum absolute atomic E-state index is 14.2. The SMILES string of the molecule is CCC[C@@](C)(C(=O)O)c1c(C)n(C(=O)c2ccc(Cl)c(Cl)c2)c2cc(F)c(O)cc12. The first-order chi connectivity index (χ1) is 14.0. The Hall–Kier alpha value is -2.57. The summed E-state index contributed by atoms with van der Waals surface area (Å²) >= 11 is 12.0. The first-order valence-electron chi connectivity index (χ1n) is 9.30. The van der Waals surface area contributed by atoms with Crippen LogP contribution in [0, 0.1) is 12.7 Å². The van der Waals surface area contributed by atoms with Crippen LogP contribution in [0.2, 0.25) is 10.0 Å². The van der Waals surface area contributed by atoms with Crippen LogP contribution in [0.3, 0.4) is 0 Å². The molecule has 0 aliphatic carbocycles. The Kier molecular flexibility index (Phi) is 5.85. The zero-order valence-corrected chi connectivity index (χ0v) is 18.1. The second-order valence-electron chi connectivity index (χ2n) is 7.44. The predicted octanol–water partition coefficient (Wildman–Crippen LogP) is 5.93. The fraction of sp³-hybridized carbons (Fsp3) is 0.273. The summed E-state index contributed by atoms with van der Waals surface area (Å²) in [7, 11) is 0. The van der Waals surface area contributed by atoms with Crippen LogP contribution in [0.5, 0.6) is 5.75 Å². The lowest BCUT2D eigenvalue weighted by Gasteiger charge is -2.25. The van der Waals surface area contributed by atoms with Crippen LogP contribution in [0.1, 0.15) is 48.3 Å². The molecular formula is C22H20Cl2FNO4. The molecule has 158 valence electrons. The van der Waals surface area contributed by atoms with Crippen LogP contribution in [0.25, 0.3) is 10.9 Å². The number of hydrogen-bond donors (Lipinski definition) is 2. The number of carbonyl (C=O) groups excluding carboxylic acids is 1. The summed E-state index contributed by atoms with van der Waals surface area (Å²) in [6, 6.07) is 6.56. The Morgan fingerprint density at radius 3 is 2.40 bits per heavy atom. The van der Waals surface area contributed by atoms with E-state index in [9.17, 15) is 24.2 Å². The number of aromatic nitrogens is 1. The molecule has 0 saturated heterocycles. The van der Waals surface area contributed by atoms with E-state index in [2.05, 4.69) is 0 Å². The van der Waals surface area contributed by atoms with Gasteiger partial charge < -0.3 is 10.2 Å². The second-order valence-corrected chi connectivity index (χ2v) is 8.25. The molecule has 0 aliphatic rings. The van der Waals surface area contributed by atoms with E-state index in [1.165, 1.54) is 28.8 Å². The number of hydrogen-bond acceptors (Lipinski definition) is 3. The summed E-state index contributed by atoms with van der Waals surface area (Å²) in [5.41, 5.74) is -0.265. The second kappa shape index (κ2) is 7.93. The van der Waals surface area contributed by atoms with Gasteiger partial charge in [0.1, 0.15) is 0 Å². The highest BCUT2D eigenvalue weighted by Crippen LogP contribution is 2.41. The standard InChI is InChI=1S/C22H20Cl2FNO4/c1-4-7-22(3,21(29)30)19-11(2)26(17-10-16(25)18(27)9-13(17)19)20(28)12-5-6-14(23)15(24)8-12/h5-6,8-10,27H,4,7H2,1-3H3,(H,29,30)/t22-/m1/s1. The largest absolute Gasteiger partial charge is 0.505 e. The lowest BCUT2D eigenvalue weighted by Crippen LogP contribution is -2.33. The molecule has 0 fully saturated rings. The summed E-state index contributed by atoms with van der Waals surface area (Å²) in [4.78, 5) is 25.6. The average molecular weight is 452 g/mol. The van der Waals surface area contributed by atoms with E-state index in [4.69, 9.17) is 23.2 Å². The Labute approximate surface area is 182 Å². The number of phenolic OH excluding ortho intramolecular Hbond substituents is 1. The molecule has 30 heavy (non-hydrogen) atoms. The number of aromatic hydroxyl groups is 1. The summed E-state index contributed by atoms with van der Waals surface area (Å²) in [5.74, 6) is -3.12. The van der Waals surface area contributed by atoms with E-state index in [0.29, 0.717) is 29.5 Å². The Bertz CT molecular complexity index is 1190. The van der Waals surface area contributed by atoms with Crippen molar-refractivity contribution >= 4 is 46.0 Å². The third-order valence-corrected chi connectivity index (χ3v) is 6.16. The molecule has 2 N–H and O–H groups in total. The highest BCUT2D eigenvalue weighted by atomic mass is 35.5. The molecule has 1 atom stereocenters. The van der Waals surface area contributed by atoms with Gasteiger partial charge >= 0.3 is 5.97 Å². The Balaban J connectivity index is 2.39.